The summed E-state index contributed by atoms with van der Waals surface area (Å²) in [5.41, 5.74) is 2.15. The summed E-state index contributed by atoms with van der Waals surface area (Å²) in [4.78, 5) is 0. The first kappa shape index (κ1) is 9.89. The van der Waals surface area contributed by atoms with Gasteiger partial charge in [-0.2, -0.15) is 5.10 Å². The van der Waals surface area contributed by atoms with Gasteiger partial charge in [-0.1, -0.05) is 6.92 Å². The molecule has 0 N–H and O–H groups in total. The summed E-state index contributed by atoms with van der Waals surface area (Å²) in [7, 11) is 1.93. The van der Waals surface area contributed by atoms with Crippen LogP contribution in [0.5, 0.6) is 0 Å². The van der Waals surface area contributed by atoms with Gasteiger partial charge in [-0.15, -0.1) is 10.2 Å². The van der Waals surface area contributed by atoms with E-state index in [4.69, 9.17) is 0 Å². The summed E-state index contributed by atoms with van der Waals surface area (Å²) >= 11 is 0. The molecule has 0 aliphatic rings. The summed E-state index contributed by atoms with van der Waals surface area (Å²) in [6.07, 6.45) is 4.66. The lowest BCUT2D eigenvalue weighted by Crippen LogP contribution is -1.97. The molecular weight excluding hydrogens is 190 g/mol. The lowest BCUT2D eigenvalue weighted by atomic mass is 10.2. The van der Waals surface area contributed by atoms with Gasteiger partial charge < -0.3 is 4.57 Å². The van der Waals surface area contributed by atoms with Crippen LogP contribution in [0, 0.1) is 0 Å². The average Bonchev–Trinajstić information content (AvgIpc) is 2.82. The van der Waals surface area contributed by atoms with Crippen molar-refractivity contribution < 1.29 is 0 Å². The topological polar surface area (TPSA) is 48.5 Å². The highest BCUT2D eigenvalue weighted by molar-refractivity contribution is 5.57. The zero-order valence-corrected chi connectivity index (χ0v) is 9.30. The van der Waals surface area contributed by atoms with E-state index in [-0.39, 0.29) is 0 Å². The minimum Gasteiger partial charge on any atom is -0.314 e. The lowest BCUT2D eigenvalue weighted by Gasteiger charge is -2.01. The number of rotatable bonds is 3. The van der Waals surface area contributed by atoms with Gasteiger partial charge >= 0.3 is 0 Å². The summed E-state index contributed by atoms with van der Waals surface area (Å²) in [5, 5.41) is 12.5. The molecule has 0 aromatic carbocycles. The number of nitrogens with zero attached hydrogens (tertiary/aromatic N) is 5. The molecule has 0 atom stereocenters. The molecule has 0 saturated heterocycles. The predicted molar refractivity (Wildman–Crippen MR) is 57.3 cm³/mol. The highest BCUT2D eigenvalue weighted by Crippen LogP contribution is 2.20. The number of aryl methyl sites for hydroxylation is 3. The van der Waals surface area contributed by atoms with Gasteiger partial charge in [-0.05, 0) is 13.3 Å². The Morgan fingerprint density at radius 2 is 2.13 bits per heavy atom. The second kappa shape index (κ2) is 3.84. The molecule has 0 bridgehead atoms. The van der Waals surface area contributed by atoms with Gasteiger partial charge in [0.05, 0.1) is 11.3 Å². The van der Waals surface area contributed by atoms with Crippen LogP contribution in [0.3, 0.4) is 0 Å². The number of hydrogen-bond acceptors (Lipinski definition) is 3. The Balaban J connectivity index is 2.52. The van der Waals surface area contributed by atoms with Gasteiger partial charge in [0.25, 0.3) is 0 Å². The van der Waals surface area contributed by atoms with E-state index in [1.165, 1.54) is 0 Å². The molecule has 0 unspecified atom stereocenters. The monoisotopic (exact) mass is 205 g/mol. The van der Waals surface area contributed by atoms with E-state index >= 15 is 0 Å². The maximum absolute atomic E-state index is 4.40. The van der Waals surface area contributed by atoms with E-state index in [9.17, 15) is 0 Å². The van der Waals surface area contributed by atoms with E-state index < -0.39 is 0 Å². The summed E-state index contributed by atoms with van der Waals surface area (Å²) in [6.45, 7) is 5.05. The van der Waals surface area contributed by atoms with Crippen molar-refractivity contribution >= 4 is 0 Å². The third kappa shape index (κ3) is 1.65. The van der Waals surface area contributed by atoms with E-state index in [1.54, 1.807) is 6.33 Å². The minimum absolute atomic E-state index is 0.875. The van der Waals surface area contributed by atoms with Crippen LogP contribution < -0.4 is 0 Å². The van der Waals surface area contributed by atoms with Crippen molar-refractivity contribution in [1.29, 1.82) is 0 Å². The van der Waals surface area contributed by atoms with E-state index in [2.05, 4.69) is 29.1 Å². The average molecular weight is 205 g/mol. The first-order chi connectivity index (χ1) is 7.26. The van der Waals surface area contributed by atoms with Crippen LogP contribution in [0.1, 0.15) is 19.5 Å². The van der Waals surface area contributed by atoms with Gasteiger partial charge in [-0.25, -0.2) is 0 Å². The quantitative estimate of drug-likeness (QED) is 0.758. The molecular formula is C10H15N5. The third-order valence-corrected chi connectivity index (χ3v) is 2.44. The van der Waals surface area contributed by atoms with Gasteiger partial charge in [0.1, 0.15) is 6.33 Å². The Bertz CT molecular complexity index is 454. The Kier molecular flexibility index (Phi) is 2.53. The largest absolute Gasteiger partial charge is 0.314 e. The minimum atomic E-state index is 0.875. The number of aromatic nitrogens is 5. The fourth-order valence-electron chi connectivity index (χ4n) is 1.68. The highest BCUT2D eigenvalue weighted by atomic mass is 15.3. The maximum atomic E-state index is 4.40. The Morgan fingerprint density at radius 3 is 2.80 bits per heavy atom. The molecule has 0 fully saturated rings. The fourth-order valence-corrected chi connectivity index (χ4v) is 1.68. The maximum Gasteiger partial charge on any atom is 0.167 e. The van der Waals surface area contributed by atoms with E-state index in [0.29, 0.717) is 0 Å². The van der Waals surface area contributed by atoms with E-state index in [1.807, 2.05) is 22.5 Å². The Morgan fingerprint density at radius 1 is 1.33 bits per heavy atom. The van der Waals surface area contributed by atoms with Crippen LogP contribution in [-0.2, 0) is 20.0 Å². The van der Waals surface area contributed by atoms with Crippen molar-refractivity contribution in [2.45, 2.75) is 26.8 Å². The van der Waals surface area contributed by atoms with Crippen LogP contribution in [0.25, 0.3) is 11.4 Å². The Hall–Kier alpha value is -1.65. The molecule has 0 radical (unpaired) electrons. The van der Waals surface area contributed by atoms with Crippen molar-refractivity contribution in [1.82, 2.24) is 24.5 Å². The zero-order valence-electron chi connectivity index (χ0n) is 9.30. The molecule has 5 heteroatoms. The molecule has 5 nitrogen and oxygen atoms in total. The van der Waals surface area contributed by atoms with Gasteiger partial charge in [0, 0.05) is 19.8 Å². The fraction of sp³-hybridized carbons (Fsp3) is 0.500. The summed E-state index contributed by atoms with van der Waals surface area (Å²) < 4.78 is 3.85. The first-order valence-electron chi connectivity index (χ1n) is 5.17. The first-order valence-corrected chi connectivity index (χ1v) is 5.17. The summed E-state index contributed by atoms with van der Waals surface area (Å²) in [6, 6.07) is 0. The van der Waals surface area contributed by atoms with Crippen molar-refractivity contribution in [3.63, 3.8) is 0 Å². The molecule has 0 aliphatic carbocycles. The summed E-state index contributed by atoms with van der Waals surface area (Å²) in [5.74, 6) is 0.905. The van der Waals surface area contributed by atoms with Crippen molar-refractivity contribution in [2.75, 3.05) is 0 Å². The van der Waals surface area contributed by atoms with E-state index in [0.717, 1.165) is 30.0 Å². The molecule has 2 rings (SSSR count). The molecule has 15 heavy (non-hydrogen) atoms. The molecule has 0 saturated carbocycles. The lowest BCUT2D eigenvalue weighted by molar-refractivity contribution is 0.746. The Labute approximate surface area is 88.7 Å². The second-order valence-electron chi connectivity index (χ2n) is 3.46. The molecule has 0 aliphatic heterocycles. The molecule has 0 spiro atoms. The van der Waals surface area contributed by atoms with Gasteiger partial charge in [0.2, 0.25) is 0 Å². The van der Waals surface area contributed by atoms with Crippen LogP contribution >= 0.6 is 0 Å². The van der Waals surface area contributed by atoms with Crippen LogP contribution in [0.15, 0.2) is 12.5 Å². The molecule has 2 aromatic heterocycles. The zero-order chi connectivity index (χ0) is 10.8. The highest BCUT2D eigenvalue weighted by Gasteiger charge is 2.13. The third-order valence-electron chi connectivity index (χ3n) is 2.44. The molecule has 2 heterocycles. The molecule has 0 amide bonds. The van der Waals surface area contributed by atoms with Crippen molar-refractivity contribution in [2.24, 2.45) is 7.05 Å². The molecule has 2 aromatic rings. The van der Waals surface area contributed by atoms with Gasteiger partial charge in [-0.3, -0.25) is 4.68 Å². The molecule has 80 valence electrons. The SMILES string of the molecule is CCc1nn(C)cc1-c1nncn1CC. The van der Waals surface area contributed by atoms with Gasteiger partial charge in [0.15, 0.2) is 5.82 Å². The van der Waals surface area contributed by atoms with Crippen LogP contribution in [0.4, 0.5) is 0 Å². The number of hydrogen-bond donors (Lipinski definition) is 0. The predicted octanol–water partition coefficient (Wildman–Crippen LogP) is 1.26. The smallest absolute Gasteiger partial charge is 0.167 e. The second-order valence-corrected chi connectivity index (χ2v) is 3.46. The van der Waals surface area contributed by atoms with Crippen molar-refractivity contribution in [3.8, 4) is 11.4 Å². The van der Waals surface area contributed by atoms with Crippen LogP contribution in [-0.4, -0.2) is 24.5 Å². The van der Waals surface area contributed by atoms with Crippen LogP contribution in [0.2, 0.25) is 0 Å². The van der Waals surface area contributed by atoms with Crippen molar-refractivity contribution in [3.05, 3.63) is 18.2 Å². The normalized spacial score (nSPS) is 10.9. The standard InChI is InChI=1S/C10H15N5/c1-4-9-8(6-14(3)13-9)10-12-11-7-15(10)5-2/h6-7H,4-5H2,1-3H3.